The second-order valence-electron chi connectivity index (χ2n) is 5.92. The van der Waals surface area contributed by atoms with Crippen LogP contribution in [0.2, 0.25) is 5.02 Å². The summed E-state index contributed by atoms with van der Waals surface area (Å²) in [7, 11) is -2.77. The lowest BCUT2D eigenvalue weighted by Gasteiger charge is -2.12. The Morgan fingerprint density at radius 3 is 2.66 bits per heavy atom. The Hall–Kier alpha value is -2.43. The number of aromatic nitrogens is 3. The molecule has 0 fully saturated rings. The molecule has 7 nitrogen and oxygen atoms in total. The average Bonchev–Trinajstić information content (AvgIpc) is 2.68. The number of nitrogens with one attached hydrogen (secondary N) is 1. The zero-order valence-electron chi connectivity index (χ0n) is 15.4. The highest BCUT2D eigenvalue weighted by atomic mass is 35.5. The van der Waals surface area contributed by atoms with E-state index in [9.17, 15) is 12.8 Å². The molecule has 0 aromatic carbocycles. The van der Waals surface area contributed by atoms with Crippen molar-refractivity contribution in [2.24, 2.45) is 0 Å². The Labute approximate surface area is 176 Å². The van der Waals surface area contributed by atoms with Gasteiger partial charge in [-0.3, -0.25) is 9.71 Å². The fourth-order valence-electron chi connectivity index (χ4n) is 2.39. The first-order valence-corrected chi connectivity index (χ1v) is 11.8. The summed E-state index contributed by atoms with van der Waals surface area (Å²) in [5, 5.41) is 0.175. The van der Waals surface area contributed by atoms with Crippen molar-refractivity contribution in [3.05, 3.63) is 70.5 Å². The van der Waals surface area contributed by atoms with Crippen molar-refractivity contribution in [2.75, 3.05) is 11.0 Å². The van der Waals surface area contributed by atoms with E-state index in [4.69, 9.17) is 16.3 Å². The van der Waals surface area contributed by atoms with Gasteiger partial charge in [0.25, 0.3) is 14.9 Å². The number of hydrogen-bond donors (Lipinski definition) is 1. The van der Waals surface area contributed by atoms with Crippen molar-refractivity contribution in [3.63, 3.8) is 0 Å². The highest BCUT2D eigenvalue weighted by Gasteiger charge is 2.13. The number of hydrogen-bond acceptors (Lipinski definition) is 7. The van der Waals surface area contributed by atoms with Gasteiger partial charge in [0.15, 0.2) is 11.6 Å². The van der Waals surface area contributed by atoms with Gasteiger partial charge >= 0.3 is 0 Å². The molecule has 3 heterocycles. The van der Waals surface area contributed by atoms with E-state index in [2.05, 4.69) is 19.7 Å². The van der Waals surface area contributed by atoms with Crippen LogP contribution in [-0.2, 0) is 15.5 Å². The third-order valence-corrected chi connectivity index (χ3v) is 6.59. The zero-order valence-corrected chi connectivity index (χ0v) is 17.8. The van der Waals surface area contributed by atoms with Crippen molar-refractivity contribution < 1.29 is 17.5 Å². The summed E-state index contributed by atoms with van der Waals surface area (Å²) in [5.74, 6) is -0.258. The number of rotatable bonds is 7. The summed E-state index contributed by atoms with van der Waals surface area (Å²) in [4.78, 5) is 12.1. The van der Waals surface area contributed by atoms with Gasteiger partial charge in [-0.25, -0.2) is 14.4 Å². The van der Waals surface area contributed by atoms with Gasteiger partial charge in [-0.05, 0) is 52.8 Å². The predicted molar refractivity (Wildman–Crippen MR) is 111 cm³/mol. The van der Waals surface area contributed by atoms with E-state index in [1.54, 1.807) is 24.5 Å². The van der Waals surface area contributed by atoms with E-state index in [0.29, 0.717) is 23.0 Å². The maximum absolute atomic E-state index is 13.9. The lowest BCUT2D eigenvalue weighted by Crippen LogP contribution is -2.08. The molecule has 0 unspecified atom stereocenters. The van der Waals surface area contributed by atoms with E-state index in [1.807, 2.05) is 6.92 Å². The molecule has 0 aliphatic heterocycles. The number of anilines is 1. The van der Waals surface area contributed by atoms with Gasteiger partial charge in [0.1, 0.15) is 5.82 Å². The standard InChI is InChI=1S/C18H16ClFN4O3S2/c1-11-13(5-12-3-4-17(22-7-12)24-29(25,26)28-2)8-21-10-16(11)27-18-15(20)6-14(19)9-23-18/h3-4,6-10H,5H2,1-2H3,(H,22,24). The molecule has 0 aliphatic rings. The average molecular weight is 455 g/mol. The number of pyridine rings is 3. The molecule has 0 bridgehead atoms. The van der Waals surface area contributed by atoms with Crippen molar-refractivity contribution >= 4 is 37.3 Å². The van der Waals surface area contributed by atoms with Crippen molar-refractivity contribution in [2.45, 2.75) is 13.3 Å². The first kappa shape index (κ1) is 21.3. The van der Waals surface area contributed by atoms with Gasteiger partial charge in [0.2, 0.25) is 0 Å². The molecule has 152 valence electrons. The Balaban J connectivity index is 1.77. The Kier molecular flexibility index (Phi) is 6.56. The van der Waals surface area contributed by atoms with E-state index in [1.165, 1.54) is 18.6 Å². The molecule has 0 radical (unpaired) electrons. The van der Waals surface area contributed by atoms with Gasteiger partial charge in [0.05, 0.1) is 11.2 Å². The second-order valence-corrected chi connectivity index (χ2v) is 10.1. The summed E-state index contributed by atoms with van der Waals surface area (Å²) in [6, 6.07) is 4.47. The molecule has 1 N–H and O–H groups in total. The van der Waals surface area contributed by atoms with Gasteiger partial charge < -0.3 is 4.74 Å². The molecule has 0 spiro atoms. The third-order valence-electron chi connectivity index (χ3n) is 3.92. The maximum Gasteiger partial charge on any atom is 0.287 e. The quantitative estimate of drug-likeness (QED) is 0.529. The topological polar surface area (TPSA) is 94.1 Å². The molecule has 0 amide bonds. The van der Waals surface area contributed by atoms with Crippen LogP contribution in [0.1, 0.15) is 16.7 Å². The maximum atomic E-state index is 13.9. The molecule has 3 aromatic rings. The van der Waals surface area contributed by atoms with Crippen LogP contribution in [0.4, 0.5) is 10.2 Å². The fraction of sp³-hybridized carbons (Fsp3) is 0.167. The summed E-state index contributed by atoms with van der Waals surface area (Å²) in [6.07, 6.45) is 7.98. The predicted octanol–water partition coefficient (Wildman–Crippen LogP) is 4.38. The Morgan fingerprint density at radius 2 is 2.00 bits per heavy atom. The minimum Gasteiger partial charge on any atom is -0.435 e. The number of ether oxygens (including phenoxy) is 1. The van der Waals surface area contributed by atoms with Crippen molar-refractivity contribution in [1.82, 2.24) is 15.0 Å². The molecule has 0 saturated heterocycles. The van der Waals surface area contributed by atoms with E-state index < -0.39 is 14.9 Å². The minimum atomic E-state index is -3.46. The normalized spacial score (nSPS) is 11.3. The van der Waals surface area contributed by atoms with Crippen molar-refractivity contribution in [3.8, 4) is 11.6 Å². The number of halogens is 2. The molecule has 29 heavy (non-hydrogen) atoms. The zero-order chi connectivity index (χ0) is 21.0. The molecule has 3 rings (SSSR count). The van der Waals surface area contributed by atoms with Gasteiger partial charge in [0, 0.05) is 25.0 Å². The second kappa shape index (κ2) is 8.93. The third kappa shape index (κ3) is 5.55. The van der Waals surface area contributed by atoms with Crippen molar-refractivity contribution in [1.29, 1.82) is 0 Å². The summed E-state index contributed by atoms with van der Waals surface area (Å²) < 4.78 is 45.0. The van der Waals surface area contributed by atoms with Crippen LogP contribution < -0.4 is 9.46 Å². The van der Waals surface area contributed by atoms with Crippen LogP contribution in [-0.4, -0.2) is 29.6 Å². The largest absolute Gasteiger partial charge is 0.435 e. The highest BCUT2D eigenvalue weighted by Crippen LogP contribution is 2.28. The molecule has 0 aliphatic carbocycles. The van der Waals surface area contributed by atoms with Gasteiger partial charge in [-0.15, -0.1) is 0 Å². The molecule has 0 saturated carbocycles. The van der Waals surface area contributed by atoms with Gasteiger partial charge in [-0.2, -0.15) is 8.42 Å². The van der Waals surface area contributed by atoms with Crippen LogP contribution in [0.15, 0.2) is 43.0 Å². The Bertz CT molecular complexity index is 1130. The van der Waals surface area contributed by atoms with Crippen LogP contribution in [0.5, 0.6) is 11.6 Å². The molecule has 0 atom stereocenters. The Morgan fingerprint density at radius 1 is 1.21 bits per heavy atom. The first-order valence-electron chi connectivity index (χ1n) is 8.23. The monoisotopic (exact) mass is 454 g/mol. The smallest absolute Gasteiger partial charge is 0.287 e. The summed E-state index contributed by atoms with van der Waals surface area (Å²) >= 11 is 5.71. The van der Waals surface area contributed by atoms with Crippen LogP contribution in [0.25, 0.3) is 0 Å². The summed E-state index contributed by atoms with van der Waals surface area (Å²) in [5.41, 5.74) is 2.45. The first-order chi connectivity index (χ1) is 13.8. The molecular formula is C18H16ClFN4O3S2. The van der Waals surface area contributed by atoms with E-state index >= 15 is 0 Å². The summed E-state index contributed by atoms with van der Waals surface area (Å²) in [6.45, 7) is 1.83. The van der Waals surface area contributed by atoms with Crippen LogP contribution in [0.3, 0.4) is 0 Å². The van der Waals surface area contributed by atoms with Crippen LogP contribution >= 0.6 is 22.4 Å². The lowest BCUT2D eigenvalue weighted by atomic mass is 10.0. The molecule has 11 heteroatoms. The molecular weight excluding hydrogens is 439 g/mol. The molecule has 3 aromatic heterocycles. The van der Waals surface area contributed by atoms with E-state index in [-0.39, 0.29) is 16.7 Å². The van der Waals surface area contributed by atoms with E-state index in [0.717, 1.165) is 22.8 Å². The lowest BCUT2D eigenvalue weighted by molar-refractivity contribution is 0.418. The fourth-order valence-corrected chi connectivity index (χ4v) is 3.50. The highest BCUT2D eigenvalue weighted by molar-refractivity contribution is 8.72. The van der Waals surface area contributed by atoms with Crippen LogP contribution in [0, 0.1) is 12.7 Å². The van der Waals surface area contributed by atoms with Gasteiger partial charge in [-0.1, -0.05) is 17.7 Å². The number of nitrogens with zero attached hydrogens (tertiary/aromatic N) is 3. The minimum absolute atomic E-state index is 0.175. The SMILES string of the molecule is CSS(=O)(=O)Nc1ccc(Cc2cncc(Oc3ncc(Cl)cc3F)c2C)cn1.